The standard InChI is InChI=1S/C17H25NO4S/c1-13-4-3-5-15(12-13)18-17(19)14-6-8-16(9-7-14)23(20,21)11-10-22-2/h6-9,13,15H,3-5,10-12H2,1-2H3,(H,18,19). The fourth-order valence-corrected chi connectivity index (χ4v) is 4.13. The van der Waals surface area contributed by atoms with Crippen molar-refractivity contribution in [1.82, 2.24) is 5.32 Å². The lowest BCUT2D eigenvalue weighted by Crippen LogP contribution is -2.37. The van der Waals surface area contributed by atoms with Crippen LogP contribution in [0.4, 0.5) is 0 Å². The minimum Gasteiger partial charge on any atom is -0.384 e. The zero-order valence-electron chi connectivity index (χ0n) is 13.7. The summed E-state index contributed by atoms with van der Waals surface area (Å²) in [5.74, 6) is 0.446. The van der Waals surface area contributed by atoms with Crippen molar-refractivity contribution in [2.24, 2.45) is 5.92 Å². The molecule has 2 unspecified atom stereocenters. The number of hydrogen-bond donors (Lipinski definition) is 1. The second-order valence-electron chi connectivity index (χ2n) is 6.28. The summed E-state index contributed by atoms with van der Waals surface area (Å²) in [7, 11) is -1.89. The lowest BCUT2D eigenvalue weighted by atomic mass is 9.87. The van der Waals surface area contributed by atoms with Gasteiger partial charge >= 0.3 is 0 Å². The van der Waals surface area contributed by atoms with Gasteiger partial charge in [0.2, 0.25) is 0 Å². The molecule has 2 rings (SSSR count). The Labute approximate surface area is 138 Å². The van der Waals surface area contributed by atoms with Crippen molar-refractivity contribution in [1.29, 1.82) is 0 Å². The fraction of sp³-hybridized carbons (Fsp3) is 0.588. The molecule has 6 heteroatoms. The van der Waals surface area contributed by atoms with Gasteiger partial charge in [-0.25, -0.2) is 8.42 Å². The molecular weight excluding hydrogens is 314 g/mol. The molecule has 1 fully saturated rings. The maximum absolute atomic E-state index is 12.3. The highest BCUT2D eigenvalue weighted by atomic mass is 32.2. The zero-order valence-corrected chi connectivity index (χ0v) is 14.6. The predicted molar refractivity (Wildman–Crippen MR) is 89.3 cm³/mol. The number of carbonyl (C=O) groups is 1. The van der Waals surface area contributed by atoms with Crippen LogP contribution in [0.3, 0.4) is 0 Å². The molecule has 1 aliphatic carbocycles. The highest BCUT2D eigenvalue weighted by molar-refractivity contribution is 7.91. The molecule has 0 heterocycles. The molecule has 0 spiro atoms. The largest absolute Gasteiger partial charge is 0.384 e. The van der Waals surface area contributed by atoms with Gasteiger partial charge in [0.15, 0.2) is 9.84 Å². The SMILES string of the molecule is COCCS(=O)(=O)c1ccc(C(=O)NC2CCCC(C)C2)cc1. The highest BCUT2D eigenvalue weighted by Gasteiger charge is 2.21. The number of benzene rings is 1. The van der Waals surface area contributed by atoms with Crippen LogP contribution in [0.15, 0.2) is 29.2 Å². The van der Waals surface area contributed by atoms with E-state index in [2.05, 4.69) is 12.2 Å². The maximum atomic E-state index is 12.3. The molecule has 5 nitrogen and oxygen atoms in total. The molecule has 128 valence electrons. The topological polar surface area (TPSA) is 72.5 Å². The third kappa shape index (κ3) is 5.04. The lowest BCUT2D eigenvalue weighted by molar-refractivity contribution is 0.0921. The van der Waals surface area contributed by atoms with Gasteiger partial charge in [-0.15, -0.1) is 0 Å². The van der Waals surface area contributed by atoms with Crippen LogP contribution in [0.25, 0.3) is 0 Å². The van der Waals surface area contributed by atoms with Crippen LogP contribution in [0, 0.1) is 5.92 Å². The average Bonchev–Trinajstić information content (AvgIpc) is 2.53. The predicted octanol–water partition coefficient (Wildman–Crippen LogP) is 2.42. The molecule has 23 heavy (non-hydrogen) atoms. The highest BCUT2D eigenvalue weighted by Crippen LogP contribution is 2.23. The van der Waals surface area contributed by atoms with Gasteiger partial charge in [-0.1, -0.05) is 19.8 Å². The van der Waals surface area contributed by atoms with E-state index in [0.717, 1.165) is 19.3 Å². The van der Waals surface area contributed by atoms with Gasteiger partial charge in [0.1, 0.15) is 0 Å². The summed E-state index contributed by atoms with van der Waals surface area (Å²) in [5, 5.41) is 3.05. The van der Waals surface area contributed by atoms with E-state index in [9.17, 15) is 13.2 Å². The number of nitrogens with one attached hydrogen (secondary N) is 1. The van der Waals surface area contributed by atoms with Crippen molar-refractivity contribution in [3.8, 4) is 0 Å². The Morgan fingerprint density at radius 2 is 1.96 bits per heavy atom. The first-order chi connectivity index (χ1) is 10.9. The molecule has 1 amide bonds. The van der Waals surface area contributed by atoms with Crippen LogP contribution < -0.4 is 5.32 Å². The second kappa shape index (κ2) is 7.93. The molecule has 1 N–H and O–H groups in total. The van der Waals surface area contributed by atoms with E-state index in [4.69, 9.17) is 4.74 Å². The monoisotopic (exact) mass is 339 g/mol. The molecule has 0 bridgehead atoms. The molecule has 1 aliphatic rings. The normalized spacial score (nSPS) is 21.8. The van der Waals surface area contributed by atoms with Crippen LogP contribution in [0.1, 0.15) is 43.0 Å². The van der Waals surface area contributed by atoms with Gasteiger partial charge in [0.05, 0.1) is 17.3 Å². The molecule has 1 aromatic carbocycles. The van der Waals surface area contributed by atoms with Crippen LogP contribution in [-0.4, -0.2) is 39.8 Å². The number of methoxy groups -OCH3 is 1. The summed E-state index contributed by atoms with van der Waals surface area (Å²) >= 11 is 0. The van der Waals surface area contributed by atoms with Gasteiger partial charge in [-0.05, 0) is 43.0 Å². The third-order valence-electron chi connectivity index (χ3n) is 4.30. The molecule has 1 aromatic rings. The Morgan fingerprint density at radius 3 is 2.57 bits per heavy atom. The van der Waals surface area contributed by atoms with E-state index in [0.29, 0.717) is 11.5 Å². The van der Waals surface area contributed by atoms with Crippen LogP contribution in [-0.2, 0) is 14.6 Å². The number of carbonyl (C=O) groups excluding carboxylic acids is 1. The Bertz CT molecular complexity index is 624. The first-order valence-corrected chi connectivity index (χ1v) is 9.70. The van der Waals surface area contributed by atoms with E-state index < -0.39 is 9.84 Å². The first kappa shape index (κ1) is 17.9. The van der Waals surface area contributed by atoms with E-state index in [-0.39, 0.29) is 29.2 Å². The summed E-state index contributed by atoms with van der Waals surface area (Å²) in [5.41, 5.74) is 0.494. The molecule has 0 aromatic heterocycles. The Morgan fingerprint density at radius 1 is 1.26 bits per heavy atom. The summed E-state index contributed by atoms with van der Waals surface area (Å²) < 4.78 is 28.9. The smallest absolute Gasteiger partial charge is 0.251 e. The van der Waals surface area contributed by atoms with E-state index in [1.165, 1.54) is 25.7 Å². The van der Waals surface area contributed by atoms with Crippen molar-refractivity contribution in [3.63, 3.8) is 0 Å². The van der Waals surface area contributed by atoms with Crippen LogP contribution >= 0.6 is 0 Å². The summed E-state index contributed by atoms with van der Waals surface area (Å²) in [6.45, 7) is 2.36. The number of amides is 1. The maximum Gasteiger partial charge on any atom is 0.251 e. The number of ether oxygens (including phenoxy) is 1. The molecule has 0 aliphatic heterocycles. The summed E-state index contributed by atoms with van der Waals surface area (Å²) in [6.07, 6.45) is 4.39. The molecule has 0 saturated heterocycles. The van der Waals surface area contributed by atoms with Gasteiger partial charge in [0.25, 0.3) is 5.91 Å². The second-order valence-corrected chi connectivity index (χ2v) is 8.39. The van der Waals surface area contributed by atoms with Crippen molar-refractivity contribution >= 4 is 15.7 Å². The van der Waals surface area contributed by atoms with Crippen molar-refractivity contribution < 1.29 is 17.9 Å². The molecule has 2 atom stereocenters. The van der Waals surface area contributed by atoms with Crippen molar-refractivity contribution in [2.45, 2.75) is 43.5 Å². The van der Waals surface area contributed by atoms with Gasteiger partial charge < -0.3 is 10.1 Å². The lowest BCUT2D eigenvalue weighted by Gasteiger charge is -2.27. The minimum atomic E-state index is -3.36. The number of hydrogen-bond acceptors (Lipinski definition) is 4. The molecule has 1 saturated carbocycles. The third-order valence-corrected chi connectivity index (χ3v) is 6.00. The number of rotatable bonds is 6. The van der Waals surface area contributed by atoms with Gasteiger partial charge in [-0.2, -0.15) is 0 Å². The average molecular weight is 339 g/mol. The van der Waals surface area contributed by atoms with Crippen molar-refractivity contribution in [3.05, 3.63) is 29.8 Å². The van der Waals surface area contributed by atoms with E-state index >= 15 is 0 Å². The van der Waals surface area contributed by atoms with E-state index in [1.807, 2.05) is 0 Å². The zero-order chi connectivity index (χ0) is 16.9. The Kier molecular flexibility index (Phi) is 6.18. The molecular formula is C17H25NO4S. The minimum absolute atomic E-state index is 0.0605. The molecule has 0 radical (unpaired) electrons. The van der Waals surface area contributed by atoms with Crippen molar-refractivity contribution in [2.75, 3.05) is 19.5 Å². The Balaban J connectivity index is 2.00. The van der Waals surface area contributed by atoms with Gasteiger partial charge in [0, 0.05) is 18.7 Å². The Hall–Kier alpha value is -1.40. The van der Waals surface area contributed by atoms with Crippen LogP contribution in [0.2, 0.25) is 0 Å². The summed E-state index contributed by atoms with van der Waals surface area (Å²) in [6, 6.07) is 6.34. The fourth-order valence-electron chi connectivity index (χ4n) is 2.96. The summed E-state index contributed by atoms with van der Waals surface area (Å²) in [4.78, 5) is 12.5. The number of sulfone groups is 1. The quantitative estimate of drug-likeness (QED) is 0.864. The van der Waals surface area contributed by atoms with E-state index in [1.54, 1.807) is 12.1 Å². The van der Waals surface area contributed by atoms with Gasteiger partial charge in [-0.3, -0.25) is 4.79 Å². The van der Waals surface area contributed by atoms with Crippen LogP contribution in [0.5, 0.6) is 0 Å². The first-order valence-electron chi connectivity index (χ1n) is 8.05.